The Labute approximate surface area is 169 Å². The summed E-state index contributed by atoms with van der Waals surface area (Å²) < 4.78 is 17.7. The normalized spacial score (nSPS) is 10.4. The van der Waals surface area contributed by atoms with E-state index in [-0.39, 0.29) is 12.5 Å². The zero-order valence-electron chi connectivity index (χ0n) is 16.2. The van der Waals surface area contributed by atoms with Gasteiger partial charge in [-0.25, -0.2) is 0 Å². The Bertz CT molecular complexity index is 769. The lowest BCUT2D eigenvalue weighted by Crippen LogP contribution is -2.28. The molecule has 0 spiro atoms. The Morgan fingerprint density at radius 2 is 1.78 bits per heavy atom. The van der Waals surface area contributed by atoms with Gasteiger partial charge in [0.25, 0.3) is 5.91 Å². The number of benzene rings is 2. The molecule has 0 fully saturated rings. The average Bonchev–Trinajstić information content (AvgIpc) is 2.64. The minimum Gasteiger partial charge on any atom is -0.493 e. The molecule has 0 aliphatic heterocycles. The largest absolute Gasteiger partial charge is 0.493 e. The number of halogens is 1. The maximum absolute atomic E-state index is 12.1. The highest BCUT2D eigenvalue weighted by atomic mass is 79.9. The SMILES string of the molecule is CCCOc1ccc(CNC(=O)COc2c(C)cc(Br)cc2C)cc1OC. The summed E-state index contributed by atoms with van der Waals surface area (Å²) in [6.45, 7) is 6.97. The molecule has 0 aliphatic rings. The topological polar surface area (TPSA) is 56.8 Å². The first-order valence-corrected chi connectivity index (χ1v) is 9.69. The van der Waals surface area contributed by atoms with Crippen molar-refractivity contribution in [3.05, 3.63) is 51.5 Å². The van der Waals surface area contributed by atoms with Gasteiger partial charge in [0.05, 0.1) is 13.7 Å². The van der Waals surface area contributed by atoms with Gasteiger partial charge in [-0.1, -0.05) is 28.9 Å². The van der Waals surface area contributed by atoms with Crippen molar-refractivity contribution in [2.24, 2.45) is 0 Å². The molecule has 0 bridgehead atoms. The van der Waals surface area contributed by atoms with Crippen molar-refractivity contribution < 1.29 is 19.0 Å². The second-order valence-electron chi connectivity index (χ2n) is 6.27. The van der Waals surface area contributed by atoms with E-state index in [1.807, 2.05) is 44.2 Å². The summed E-state index contributed by atoms with van der Waals surface area (Å²) in [5.74, 6) is 1.93. The third-order valence-corrected chi connectivity index (χ3v) is 4.41. The molecule has 2 aromatic rings. The number of hydrogen-bond donors (Lipinski definition) is 1. The molecule has 0 saturated carbocycles. The van der Waals surface area contributed by atoms with Crippen LogP contribution in [-0.4, -0.2) is 26.2 Å². The number of ether oxygens (including phenoxy) is 3. The first-order valence-electron chi connectivity index (χ1n) is 8.90. The maximum atomic E-state index is 12.1. The van der Waals surface area contributed by atoms with Crippen molar-refractivity contribution >= 4 is 21.8 Å². The number of aryl methyl sites for hydroxylation is 2. The molecule has 2 rings (SSSR count). The van der Waals surface area contributed by atoms with Gasteiger partial charge >= 0.3 is 0 Å². The van der Waals surface area contributed by atoms with Crippen LogP contribution in [0.4, 0.5) is 0 Å². The van der Waals surface area contributed by atoms with Crippen molar-refractivity contribution in [3.63, 3.8) is 0 Å². The molecule has 0 atom stereocenters. The van der Waals surface area contributed by atoms with E-state index in [1.165, 1.54) is 0 Å². The number of hydrogen-bond acceptors (Lipinski definition) is 4. The van der Waals surface area contributed by atoms with Gasteiger partial charge in [0, 0.05) is 11.0 Å². The molecule has 0 radical (unpaired) electrons. The van der Waals surface area contributed by atoms with Crippen LogP contribution >= 0.6 is 15.9 Å². The monoisotopic (exact) mass is 435 g/mol. The number of carbonyl (C=O) groups is 1. The molecule has 0 heterocycles. The van der Waals surface area contributed by atoms with Crippen LogP contribution in [0.15, 0.2) is 34.8 Å². The first kappa shape index (κ1) is 21.1. The second-order valence-corrected chi connectivity index (χ2v) is 7.18. The number of methoxy groups -OCH3 is 1. The predicted octanol–water partition coefficient (Wildman–Crippen LogP) is 4.56. The van der Waals surface area contributed by atoms with Crippen molar-refractivity contribution in [2.45, 2.75) is 33.7 Å². The Morgan fingerprint density at radius 3 is 2.41 bits per heavy atom. The average molecular weight is 436 g/mol. The Kier molecular flexibility index (Phi) is 7.98. The van der Waals surface area contributed by atoms with Crippen LogP contribution in [-0.2, 0) is 11.3 Å². The van der Waals surface area contributed by atoms with E-state index in [0.29, 0.717) is 24.7 Å². The van der Waals surface area contributed by atoms with Gasteiger partial charge in [0.15, 0.2) is 18.1 Å². The van der Waals surface area contributed by atoms with Gasteiger partial charge in [0.2, 0.25) is 0 Å². The van der Waals surface area contributed by atoms with E-state index >= 15 is 0 Å². The van der Waals surface area contributed by atoms with Gasteiger partial charge in [-0.05, 0) is 61.2 Å². The molecule has 0 aromatic heterocycles. The molecular formula is C21H26BrNO4. The van der Waals surface area contributed by atoms with E-state index in [2.05, 4.69) is 28.2 Å². The van der Waals surface area contributed by atoms with Crippen molar-refractivity contribution in [1.29, 1.82) is 0 Å². The van der Waals surface area contributed by atoms with Gasteiger partial charge < -0.3 is 19.5 Å². The van der Waals surface area contributed by atoms with Crippen LogP contribution in [0.3, 0.4) is 0 Å². The third-order valence-electron chi connectivity index (χ3n) is 3.95. The lowest BCUT2D eigenvalue weighted by atomic mass is 10.1. The Balaban J connectivity index is 1.90. The predicted molar refractivity (Wildman–Crippen MR) is 110 cm³/mol. The van der Waals surface area contributed by atoms with E-state index < -0.39 is 0 Å². The van der Waals surface area contributed by atoms with Crippen LogP contribution in [0, 0.1) is 13.8 Å². The van der Waals surface area contributed by atoms with Crippen LogP contribution < -0.4 is 19.5 Å². The van der Waals surface area contributed by atoms with Crippen molar-refractivity contribution in [2.75, 3.05) is 20.3 Å². The second kappa shape index (κ2) is 10.2. The summed E-state index contributed by atoms with van der Waals surface area (Å²) in [6.07, 6.45) is 0.929. The molecule has 5 nitrogen and oxygen atoms in total. The summed E-state index contributed by atoms with van der Waals surface area (Å²) in [4.78, 5) is 12.1. The first-order chi connectivity index (χ1) is 12.9. The summed E-state index contributed by atoms with van der Waals surface area (Å²) in [5, 5.41) is 2.86. The zero-order valence-corrected chi connectivity index (χ0v) is 17.8. The number of amides is 1. The van der Waals surface area contributed by atoms with Gasteiger partial charge in [-0.2, -0.15) is 0 Å². The molecule has 2 aromatic carbocycles. The molecule has 0 saturated heterocycles. The van der Waals surface area contributed by atoms with Crippen LogP contribution in [0.2, 0.25) is 0 Å². The van der Waals surface area contributed by atoms with E-state index in [4.69, 9.17) is 14.2 Å². The summed E-state index contributed by atoms with van der Waals surface area (Å²) in [5.41, 5.74) is 2.91. The van der Waals surface area contributed by atoms with Crippen LogP contribution in [0.25, 0.3) is 0 Å². The standard InChI is InChI=1S/C21H26BrNO4/c1-5-8-26-18-7-6-16(11-19(18)25-4)12-23-20(24)13-27-21-14(2)9-17(22)10-15(21)3/h6-7,9-11H,5,8,12-13H2,1-4H3,(H,23,24). The maximum Gasteiger partial charge on any atom is 0.258 e. The van der Waals surface area contributed by atoms with E-state index in [9.17, 15) is 4.79 Å². The number of nitrogens with one attached hydrogen (secondary N) is 1. The molecular weight excluding hydrogens is 410 g/mol. The van der Waals surface area contributed by atoms with Crippen LogP contribution in [0.5, 0.6) is 17.2 Å². The van der Waals surface area contributed by atoms with Gasteiger partial charge in [0.1, 0.15) is 5.75 Å². The minimum atomic E-state index is -0.179. The highest BCUT2D eigenvalue weighted by molar-refractivity contribution is 9.10. The summed E-state index contributed by atoms with van der Waals surface area (Å²) >= 11 is 3.45. The Morgan fingerprint density at radius 1 is 1.07 bits per heavy atom. The molecule has 0 aliphatic carbocycles. The zero-order chi connectivity index (χ0) is 19.8. The summed E-state index contributed by atoms with van der Waals surface area (Å²) in [7, 11) is 1.60. The lowest BCUT2D eigenvalue weighted by molar-refractivity contribution is -0.123. The molecule has 27 heavy (non-hydrogen) atoms. The smallest absolute Gasteiger partial charge is 0.258 e. The molecule has 1 amide bonds. The number of rotatable bonds is 9. The fourth-order valence-electron chi connectivity index (χ4n) is 2.67. The number of carbonyl (C=O) groups excluding carboxylic acids is 1. The van der Waals surface area contributed by atoms with Crippen LogP contribution in [0.1, 0.15) is 30.0 Å². The highest BCUT2D eigenvalue weighted by Crippen LogP contribution is 2.28. The molecule has 6 heteroatoms. The van der Waals surface area contributed by atoms with E-state index in [1.54, 1.807) is 7.11 Å². The van der Waals surface area contributed by atoms with Gasteiger partial charge in [-0.3, -0.25) is 4.79 Å². The molecule has 146 valence electrons. The highest BCUT2D eigenvalue weighted by Gasteiger charge is 2.10. The fraction of sp³-hybridized carbons (Fsp3) is 0.381. The lowest BCUT2D eigenvalue weighted by Gasteiger charge is -2.14. The Hall–Kier alpha value is -2.21. The summed E-state index contributed by atoms with van der Waals surface area (Å²) in [6, 6.07) is 9.58. The van der Waals surface area contributed by atoms with E-state index in [0.717, 1.165) is 33.3 Å². The van der Waals surface area contributed by atoms with Crippen molar-refractivity contribution in [1.82, 2.24) is 5.32 Å². The quantitative estimate of drug-likeness (QED) is 0.626. The van der Waals surface area contributed by atoms with Crippen molar-refractivity contribution in [3.8, 4) is 17.2 Å². The molecule has 1 N–H and O–H groups in total. The minimum absolute atomic E-state index is 0.0296. The fourth-order valence-corrected chi connectivity index (χ4v) is 3.35. The molecule has 0 unspecified atom stereocenters. The van der Waals surface area contributed by atoms with Gasteiger partial charge in [-0.15, -0.1) is 0 Å². The third kappa shape index (κ3) is 6.17.